The van der Waals surface area contributed by atoms with E-state index in [9.17, 15) is 13.2 Å². The van der Waals surface area contributed by atoms with Crippen LogP contribution >= 0.6 is 0 Å². The Morgan fingerprint density at radius 2 is 1.76 bits per heavy atom. The molecule has 2 aromatic carbocycles. The average Bonchev–Trinajstić information content (AvgIpc) is 3.14. The molecule has 0 saturated carbocycles. The van der Waals surface area contributed by atoms with Crippen LogP contribution in [-0.2, 0) is 21.1 Å². The number of fused-ring (bicyclic) bond motifs is 1. The Kier molecular flexibility index (Phi) is 4.09. The maximum atomic E-state index is 12.2. The van der Waals surface area contributed by atoms with Gasteiger partial charge in [-0.2, -0.15) is 0 Å². The highest BCUT2D eigenvalue weighted by molar-refractivity contribution is 7.91. The number of ether oxygens (including phenoxy) is 1. The van der Waals surface area contributed by atoms with Gasteiger partial charge in [0.05, 0.1) is 17.1 Å². The van der Waals surface area contributed by atoms with Crippen LogP contribution in [0.25, 0.3) is 0 Å². The topological polar surface area (TPSA) is 63.7 Å². The van der Waals surface area contributed by atoms with Crippen molar-refractivity contribution < 1.29 is 17.9 Å². The molecule has 1 fully saturated rings. The minimum atomic E-state index is -3.04. The molecule has 0 radical (unpaired) electrons. The molecule has 2 unspecified atom stereocenters. The van der Waals surface area contributed by atoms with Gasteiger partial charge in [-0.25, -0.2) is 13.2 Å². The largest absolute Gasteiger partial charge is 0.438 e. The average molecular weight is 357 g/mol. The Labute approximate surface area is 147 Å². The minimum absolute atomic E-state index is 0.107. The van der Waals surface area contributed by atoms with Crippen LogP contribution < -0.4 is 0 Å². The molecule has 0 aromatic heterocycles. The van der Waals surface area contributed by atoms with Crippen LogP contribution in [0.4, 0.5) is 0 Å². The quantitative estimate of drug-likeness (QED) is 0.787. The lowest BCUT2D eigenvalue weighted by Gasteiger charge is -2.33. The smallest absolute Gasteiger partial charge is 0.340 e. The number of carbonyl (C=O) groups excluding carboxylic acids is 1. The summed E-state index contributed by atoms with van der Waals surface area (Å²) in [5.41, 5.74) is 2.44. The Hall–Kier alpha value is -2.18. The number of carbonyl (C=O) groups is 1. The van der Waals surface area contributed by atoms with Crippen LogP contribution in [0.1, 0.15) is 34.1 Å². The Bertz CT molecular complexity index is 895. The van der Waals surface area contributed by atoms with Crippen molar-refractivity contribution in [2.75, 3.05) is 11.5 Å². The highest BCUT2D eigenvalue weighted by Crippen LogP contribution is 2.37. The molecular formula is C19H19NO4S. The van der Waals surface area contributed by atoms with Gasteiger partial charge in [0.25, 0.3) is 0 Å². The third-order valence-corrected chi connectivity index (χ3v) is 6.60. The van der Waals surface area contributed by atoms with E-state index in [2.05, 4.69) is 0 Å². The van der Waals surface area contributed by atoms with Crippen molar-refractivity contribution >= 4 is 15.8 Å². The molecule has 130 valence electrons. The summed E-state index contributed by atoms with van der Waals surface area (Å²) in [5.74, 6) is -0.0547. The van der Waals surface area contributed by atoms with Gasteiger partial charge in [0.1, 0.15) is 0 Å². The Morgan fingerprint density at radius 3 is 2.48 bits per heavy atom. The first kappa shape index (κ1) is 16.3. The van der Waals surface area contributed by atoms with Gasteiger partial charge in [0.15, 0.2) is 16.1 Å². The summed E-state index contributed by atoms with van der Waals surface area (Å²) in [4.78, 5) is 14.2. The molecule has 6 heteroatoms. The second-order valence-corrected chi connectivity index (χ2v) is 8.79. The molecule has 2 aliphatic rings. The van der Waals surface area contributed by atoms with E-state index in [4.69, 9.17) is 4.74 Å². The van der Waals surface area contributed by atoms with Crippen LogP contribution in [0.5, 0.6) is 0 Å². The molecular weight excluding hydrogens is 338 g/mol. The molecule has 4 rings (SSSR count). The molecule has 2 atom stereocenters. The lowest BCUT2D eigenvalue weighted by molar-refractivity contribution is -0.0424. The molecule has 0 spiro atoms. The van der Waals surface area contributed by atoms with Crippen molar-refractivity contribution in [3.05, 3.63) is 71.3 Å². The van der Waals surface area contributed by atoms with E-state index >= 15 is 0 Å². The monoisotopic (exact) mass is 357 g/mol. The van der Waals surface area contributed by atoms with Gasteiger partial charge in [-0.05, 0) is 18.1 Å². The standard InChI is InChI=1S/C19H19NO4S/c21-19-17-9-5-4-8-16(17)18(24-19)20(12-14-6-2-1-3-7-14)15-10-11-25(22,23)13-15/h1-9,15,18H,10-13H2. The third-order valence-electron chi connectivity index (χ3n) is 4.85. The number of hydrogen-bond acceptors (Lipinski definition) is 5. The molecule has 2 aliphatic heterocycles. The number of cyclic esters (lactones) is 1. The molecule has 0 amide bonds. The predicted molar refractivity (Wildman–Crippen MR) is 93.6 cm³/mol. The molecule has 25 heavy (non-hydrogen) atoms. The van der Waals surface area contributed by atoms with Crippen LogP contribution in [-0.4, -0.2) is 36.8 Å². The van der Waals surface area contributed by atoms with E-state index in [0.29, 0.717) is 18.5 Å². The number of rotatable bonds is 4. The fraction of sp³-hybridized carbons (Fsp3) is 0.316. The van der Waals surface area contributed by atoms with Crippen LogP contribution in [0.2, 0.25) is 0 Å². The predicted octanol–water partition coefficient (Wildman–Crippen LogP) is 2.54. The highest BCUT2D eigenvalue weighted by atomic mass is 32.2. The number of nitrogens with zero attached hydrogens (tertiary/aromatic N) is 1. The number of esters is 1. The molecule has 1 saturated heterocycles. The van der Waals surface area contributed by atoms with Gasteiger partial charge in [-0.1, -0.05) is 48.5 Å². The summed E-state index contributed by atoms with van der Waals surface area (Å²) in [6, 6.07) is 17.0. The molecule has 0 N–H and O–H groups in total. The summed E-state index contributed by atoms with van der Waals surface area (Å²) >= 11 is 0. The van der Waals surface area contributed by atoms with Gasteiger partial charge in [-0.3, -0.25) is 4.90 Å². The SMILES string of the molecule is O=C1OC(N(Cc2ccccc2)C2CCS(=O)(=O)C2)c2ccccc21. The van der Waals surface area contributed by atoms with Gasteiger partial charge in [0, 0.05) is 18.2 Å². The van der Waals surface area contributed by atoms with Crippen molar-refractivity contribution in [3.63, 3.8) is 0 Å². The maximum Gasteiger partial charge on any atom is 0.340 e. The number of benzene rings is 2. The lowest BCUT2D eigenvalue weighted by atomic mass is 10.1. The van der Waals surface area contributed by atoms with E-state index in [1.165, 1.54) is 0 Å². The normalized spacial score (nSPS) is 24.3. The van der Waals surface area contributed by atoms with E-state index < -0.39 is 16.1 Å². The summed E-state index contributed by atoms with van der Waals surface area (Å²) < 4.78 is 29.6. The molecule has 2 heterocycles. The van der Waals surface area contributed by atoms with Crippen molar-refractivity contribution in [3.8, 4) is 0 Å². The van der Waals surface area contributed by atoms with Crippen molar-refractivity contribution in [2.45, 2.75) is 25.2 Å². The zero-order valence-electron chi connectivity index (χ0n) is 13.7. The van der Waals surface area contributed by atoms with E-state index in [0.717, 1.165) is 11.1 Å². The first-order valence-corrected chi connectivity index (χ1v) is 10.2. The minimum Gasteiger partial charge on any atom is -0.438 e. The zero-order valence-corrected chi connectivity index (χ0v) is 14.5. The number of hydrogen-bond donors (Lipinski definition) is 0. The number of sulfone groups is 1. The van der Waals surface area contributed by atoms with Gasteiger partial charge >= 0.3 is 5.97 Å². The molecule has 2 aromatic rings. The molecule has 0 aliphatic carbocycles. The van der Waals surface area contributed by atoms with Crippen LogP contribution in [0.15, 0.2) is 54.6 Å². The van der Waals surface area contributed by atoms with Gasteiger partial charge in [-0.15, -0.1) is 0 Å². The Balaban J connectivity index is 1.70. The van der Waals surface area contributed by atoms with Crippen molar-refractivity contribution in [1.82, 2.24) is 4.90 Å². The van der Waals surface area contributed by atoms with E-state index in [1.807, 2.05) is 53.4 Å². The highest BCUT2D eigenvalue weighted by Gasteiger charge is 2.41. The third kappa shape index (κ3) is 3.19. The summed E-state index contributed by atoms with van der Waals surface area (Å²) in [7, 11) is -3.04. The second-order valence-electron chi connectivity index (χ2n) is 6.56. The molecule has 0 bridgehead atoms. The first-order chi connectivity index (χ1) is 12.0. The summed E-state index contributed by atoms with van der Waals surface area (Å²) in [6.07, 6.45) is 0.0213. The molecule has 5 nitrogen and oxygen atoms in total. The second kappa shape index (κ2) is 6.28. The zero-order chi connectivity index (χ0) is 17.4. The van der Waals surface area contributed by atoms with E-state index in [-0.39, 0.29) is 23.5 Å². The van der Waals surface area contributed by atoms with E-state index in [1.54, 1.807) is 6.07 Å². The Morgan fingerprint density at radius 1 is 1.04 bits per heavy atom. The first-order valence-electron chi connectivity index (χ1n) is 8.33. The van der Waals surface area contributed by atoms with Crippen molar-refractivity contribution in [2.24, 2.45) is 0 Å². The van der Waals surface area contributed by atoms with Gasteiger partial charge in [0.2, 0.25) is 0 Å². The van der Waals surface area contributed by atoms with Crippen LogP contribution in [0, 0.1) is 0 Å². The summed E-state index contributed by atoms with van der Waals surface area (Å²) in [5, 5.41) is 0. The van der Waals surface area contributed by atoms with Gasteiger partial charge < -0.3 is 4.74 Å². The lowest BCUT2D eigenvalue weighted by Crippen LogP contribution is -2.39. The summed E-state index contributed by atoms with van der Waals surface area (Å²) in [6.45, 7) is 0.535. The van der Waals surface area contributed by atoms with Crippen molar-refractivity contribution in [1.29, 1.82) is 0 Å². The van der Waals surface area contributed by atoms with Crippen LogP contribution in [0.3, 0.4) is 0 Å². The maximum absolute atomic E-state index is 12.2. The fourth-order valence-electron chi connectivity index (χ4n) is 3.61. The fourth-order valence-corrected chi connectivity index (χ4v) is 5.35.